The van der Waals surface area contributed by atoms with E-state index < -0.39 is 0 Å². The Balaban J connectivity index is 1.35. The van der Waals surface area contributed by atoms with Crippen LogP contribution in [0.3, 0.4) is 0 Å². The zero-order valence-electron chi connectivity index (χ0n) is 19.7. The number of hydrogen-bond acceptors (Lipinski definition) is 5. The summed E-state index contributed by atoms with van der Waals surface area (Å²) in [6, 6.07) is 20.1. The number of nitrogens with zero attached hydrogens (tertiary/aromatic N) is 2. The normalized spacial score (nSPS) is 10.6. The van der Waals surface area contributed by atoms with Crippen molar-refractivity contribution in [2.24, 2.45) is 0 Å². The molecule has 0 saturated heterocycles. The zero-order valence-corrected chi connectivity index (χ0v) is 20.6. The standard InChI is InChI=1S/C27H26N4O3S/c1-18-7-6-9-23(19(18)2)31-16-15-28-27(31)35-17-25(32)29-21-13-11-20(12-14-21)26(33)30-22-8-4-5-10-24(22)34-3/h4-16H,17H2,1-3H3,(H,29,32)(H,30,33). The number of aromatic nitrogens is 2. The van der Waals surface area contributed by atoms with E-state index in [1.165, 1.54) is 22.9 Å². The number of hydrogen-bond donors (Lipinski definition) is 2. The number of rotatable bonds is 8. The molecule has 3 aromatic carbocycles. The van der Waals surface area contributed by atoms with Crippen molar-refractivity contribution in [2.75, 3.05) is 23.5 Å². The van der Waals surface area contributed by atoms with E-state index in [2.05, 4.69) is 35.5 Å². The summed E-state index contributed by atoms with van der Waals surface area (Å²) in [6.45, 7) is 4.15. The molecular formula is C27H26N4O3S. The summed E-state index contributed by atoms with van der Waals surface area (Å²) in [7, 11) is 1.55. The van der Waals surface area contributed by atoms with Gasteiger partial charge in [-0.3, -0.25) is 14.2 Å². The summed E-state index contributed by atoms with van der Waals surface area (Å²) in [5.74, 6) is 0.371. The average molecular weight is 487 g/mol. The maximum atomic E-state index is 12.6. The number of benzene rings is 3. The fraction of sp³-hybridized carbons (Fsp3) is 0.148. The molecule has 178 valence electrons. The van der Waals surface area contributed by atoms with Crippen LogP contribution in [0.4, 0.5) is 11.4 Å². The van der Waals surface area contributed by atoms with Gasteiger partial charge in [-0.15, -0.1) is 0 Å². The predicted molar refractivity (Wildman–Crippen MR) is 140 cm³/mol. The number of methoxy groups -OCH3 is 1. The van der Waals surface area contributed by atoms with Crippen LogP contribution in [0, 0.1) is 13.8 Å². The van der Waals surface area contributed by atoms with Crippen molar-refractivity contribution >= 4 is 35.0 Å². The van der Waals surface area contributed by atoms with Crippen LogP contribution in [0.2, 0.25) is 0 Å². The second-order valence-corrected chi connectivity index (χ2v) is 8.81. The molecule has 0 aliphatic heterocycles. The van der Waals surface area contributed by atoms with Crippen LogP contribution in [-0.4, -0.2) is 34.2 Å². The van der Waals surface area contributed by atoms with Crippen molar-refractivity contribution in [3.8, 4) is 11.4 Å². The summed E-state index contributed by atoms with van der Waals surface area (Å²) in [4.78, 5) is 29.5. The van der Waals surface area contributed by atoms with Gasteiger partial charge in [-0.05, 0) is 67.4 Å². The van der Waals surface area contributed by atoms with Gasteiger partial charge in [0.1, 0.15) is 5.75 Å². The van der Waals surface area contributed by atoms with Crippen LogP contribution < -0.4 is 15.4 Å². The van der Waals surface area contributed by atoms with Crippen molar-refractivity contribution in [3.05, 3.63) is 95.8 Å². The first-order chi connectivity index (χ1) is 17.0. The summed E-state index contributed by atoms with van der Waals surface area (Å²) >= 11 is 1.37. The number of aryl methyl sites for hydroxylation is 1. The molecule has 2 N–H and O–H groups in total. The van der Waals surface area contributed by atoms with Crippen molar-refractivity contribution in [2.45, 2.75) is 19.0 Å². The Morgan fingerprint density at radius 3 is 2.51 bits per heavy atom. The predicted octanol–water partition coefficient (Wildman–Crippen LogP) is 5.48. The Morgan fingerprint density at radius 2 is 1.74 bits per heavy atom. The number of carbonyl (C=O) groups is 2. The number of nitrogens with one attached hydrogen (secondary N) is 2. The minimum Gasteiger partial charge on any atom is -0.495 e. The van der Waals surface area contributed by atoms with Crippen LogP contribution in [0.5, 0.6) is 5.75 Å². The van der Waals surface area contributed by atoms with E-state index in [0.29, 0.717) is 22.7 Å². The van der Waals surface area contributed by atoms with Crippen LogP contribution in [0.15, 0.2) is 84.3 Å². The first-order valence-electron chi connectivity index (χ1n) is 11.0. The lowest BCUT2D eigenvalue weighted by atomic mass is 10.1. The molecule has 0 bridgehead atoms. The van der Waals surface area contributed by atoms with Crippen LogP contribution in [0.25, 0.3) is 5.69 Å². The SMILES string of the molecule is COc1ccccc1NC(=O)c1ccc(NC(=O)CSc2nccn2-c2cccc(C)c2C)cc1. The van der Waals surface area contributed by atoms with Gasteiger partial charge < -0.3 is 15.4 Å². The number of carbonyl (C=O) groups excluding carboxylic acids is 2. The number of thioether (sulfide) groups is 1. The lowest BCUT2D eigenvalue weighted by Gasteiger charge is -2.12. The Morgan fingerprint density at radius 1 is 0.971 bits per heavy atom. The molecule has 4 aromatic rings. The van der Waals surface area contributed by atoms with E-state index in [0.717, 1.165) is 10.8 Å². The maximum absolute atomic E-state index is 12.6. The molecule has 0 saturated carbocycles. The van der Waals surface area contributed by atoms with Gasteiger partial charge in [0.25, 0.3) is 5.91 Å². The summed E-state index contributed by atoms with van der Waals surface area (Å²) < 4.78 is 7.26. The van der Waals surface area contributed by atoms with Gasteiger partial charge in [0, 0.05) is 23.6 Å². The van der Waals surface area contributed by atoms with E-state index in [1.54, 1.807) is 49.7 Å². The fourth-order valence-corrected chi connectivity index (χ4v) is 4.32. The molecule has 8 heteroatoms. The van der Waals surface area contributed by atoms with Gasteiger partial charge in [0.2, 0.25) is 5.91 Å². The highest BCUT2D eigenvalue weighted by molar-refractivity contribution is 7.99. The van der Waals surface area contributed by atoms with E-state index >= 15 is 0 Å². The Bertz CT molecular complexity index is 1350. The first kappa shape index (κ1) is 24.1. The number of para-hydroxylation sites is 2. The van der Waals surface area contributed by atoms with Gasteiger partial charge >= 0.3 is 0 Å². The van der Waals surface area contributed by atoms with Gasteiger partial charge in [-0.1, -0.05) is 36.0 Å². The lowest BCUT2D eigenvalue weighted by molar-refractivity contribution is -0.113. The maximum Gasteiger partial charge on any atom is 0.255 e. The van der Waals surface area contributed by atoms with E-state index in [9.17, 15) is 9.59 Å². The minimum absolute atomic E-state index is 0.156. The van der Waals surface area contributed by atoms with Gasteiger partial charge in [-0.2, -0.15) is 0 Å². The monoisotopic (exact) mass is 486 g/mol. The molecule has 7 nitrogen and oxygen atoms in total. The van der Waals surface area contributed by atoms with E-state index in [1.807, 2.05) is 35.0 Å². The van der Waals surface area contributed by atoms with Crippen molar-refractivity contribution in [1.29, 1.82) is 0 Å². The molecule has 4 rings (SSSR count). The fourth-order valence-electron chi connectivity index (χ4n) is 3.55. The lowest BCUT2D eigenvalue weighted by Crippen LogP contribution is -2.15. The molecular weight excluding hydrogens is 460 g/mol. The summed E-state index contributed by atoms with van der Waals surface area (Å²) in [6.07, 6.45) is 3.63. The van der Waals surface area contributed by atoms with Crippen LogP contribution >= 0.6 is 11.8 Å². The molecule has 0 spiro atoms. The second kappa shape index (κ2) is 10.9. The Kier molecular flexibility index (Phi) is 7.52. The van der Waals surface area contributed by atoms with E-state index in [4.69, 9.17) is 4.74 Å². The molecule has 0 radical (unpaired) electrons. The van der Waals surface area contributed by atoms with Gasteiger partial charge in [0.05, 0.1) is 24.2 Å². The molecule has 0 atom stereocenters. The van der Waals surface area contributed by atoms with Crippen LogP contribution in [0.1, 0.15) is 21.5 Å². The molecule has 35 heavy (non-hydrogen) atoms. The first-order valence-corrected chi connectivity index (χ1v) is 12.0. The third-order valence-corrected chi connectivity index (χ3v) is 6.53. The second-order valence-electron chi connectivity index (χ2n) is 7.87. The Labute approximate surface area is 208 Å². The minimum atomic E-state index is -0.263. The highest BCUT2D eigenvalue weighted by atomic mass is 32.2. The van der Waals surface area contributed by atoms with Crippen molar-refractivity contribution in [3.63, 3.8) is 0 Å². The molecule has 0 aliphatic carbocycles. The Hall–Kier alpha value is -4.04. The number of imidazole rings is 1. The third-order valence-electron chi connectivity index (χ3n) is 5.56. The average Bonchev–Trinajstić information content (AvgIpc) is 3.33. The van der Waals surface area contributed by atoms with Crippen molar-refractivity contribution in [1.82, 2.24) is 9.55 Å². The zero-order chi connectivity index (χ0) is 24.8. The summed E-state index contributed by atoms with van der Waals surface area (Å²) in [5, 5.41) is 6.45. The third kappa shape index (κ3) is 5.73. The molecule has 2 amide bonds. The quantitative estimate of drug-likeness (QED) is 0.322. The molecule has 0 unspecified atom stereocenters. The highest BCUT2D eigenvalue weighted by Crippen LogP contribution is 2.25. The van der Waals surface area contributed by atoms with Gasteiger partial charge in [0.15, 0.2) is 5.16 Å². The topological polar surface area (TPSA) is 85.2 Å². The number of anilines is 2. The number of ether oxygens (including phenoxy) is 1. The molecule has 1 aromatic heterocycles. The molecule has 0 aliphatic rings. The van der Waals surface area contributed by atoms with Crippen molar-refractivity contribution < 1.29 is 14.3 Å². The van der Waals surface area contributed by atoms with E-state index in [-0.39, 0.29) is 17.6 Å². The largest absolute Gasteiger partial charge is 0.495 e. The smallest absolute Gasteiger partial charge is 0.255 e. The molecule has 0 fully saturated rings. The molecule has 1 heterocycles. The van der Waals surface area contributed by atoms with Gasteiger partial charge in [-0.25, -0.2) is 4.98 Å². The number of amides is 2. The summed E-state index contributed by atoms with van der Waals surface area (Å²) in [5.41, 5.74) is 5.10. The van der Waals surface area contributed by atoms with Crippen LogP contribution in [-0.2, 0) is 4.79 Å². The highest BCUT2D eigenvalue weighted by Gasteiger charge is 2.13.